The molecule has 30 heavy (non-hydrogen) atoms. The molecule has 0 spiro atoms. The number of piperidine rings is 2. The fraction of sp³-hybridized carbons (Fsp3) is 0.636. The summed E-state index contributed by atoms with van der Waals surface area (Å²) in [6.07, 6.45) is 6.84. The lowest BCUT2D eigenvalue weighted by Crippen LogP contribution is -2.54. The molecule has 0 aliphatic carbocycles. The van der Waals surface area contributed by atoms with E-state index in [0.29, 0.717) is 30.8 Å². The summed E-state index contributed by atoms with van der Waals surface area (Å²) in [6.45, 7) is 2.81. The van der Waals surface area contributed by atoms with Gasteiger partial charge in [-0.15, -0.1) is 5.10 Å². The number of rotatable bonds is 7. The summed E-state index contributed by atoms with van der Waals surface area (Å²) in [5.74, 6) is 0.768. The van der Waals surface area contributed by atoms with Crippen LogP contribution in [0.3, 0.4) is 0 Å². The minimum absolute atomic E-state index is 0.0375. The van der Waals surface area contributed by atoms with Crippen LogP contribution in [0.4, 0.5) is 4.39 Å². The predicted octanol–water partition coefficient (Wildman–Crippen LogP) is 3.28. The first-order valence-corrected chi connectivity index (χ1v) is 12.1. The molecule has 3 aliphatic heterocycles. The Kier molecular flexibility index (Phi) is 5.98. The van der Waals surface area contributed by atoms with Crippen molar-refractivity contribution >= 4 is 11.8 Å². The van der Waals surface area contributed by atoms with Crippen LogP contribution in [-0.4, -0.2) is 49.7 Å². The first-order chi connectivity index (χ1) is 14.7. The highest BCUT2D eigenvalue weighted by Crippen LogP contribution is 2.35. The second kappa shape index (κ2) is 8.85. The molecule has 4 heterocycles. The number of aryl methyl sites for hydroxylation is 1. The molecule has 0 N–H and O–H groups in total. The Labute approximate surface area is 180 Å². The molecule has 1 aromatic heterocycles. The summed E-state index contributed by atoms with van der Waals surface area (Å²) >= 11 is 1.67. The fourth-order valence-electron chi connectivity index (χ4n) is 5.25. The van der Waals surface area contributed by atoms with E-state index < -0.39 is 0 Å². The monoisotopic (exact) mass is 432 g/mol. The van der Waals surface area contributed by atoms with Gasteiger partial charge in [-0.2, -0.15) is 0 Å². The minimum atomic E-state index is -0.186. The molecule has 0 radical (unpaired) electrons. The molecule has 6 nitrogen and oxygen atoms in total. The van der Waals surface area contributed by atoms with Gasteiger partial charge in [-0.1, -0.05) is 36.4 Å². The average molecular weight is 433 g/mol. The number of aromatic nitrogens is 3. The molecule has 1 aromatic carbocycles. The van der Waals surface area contributed by atoms with Crippen molar-refractivity contribution in [3.8, 4) is 0 Å². The molecule has 2 aromatic rings. The van der Waals surface area contributed by atoms with Crippen LogP contribution in [-0.2, 0) is 24.4 Å². The van der Waals surface area contributed by atoms with Gasteiger partial charge in [0.25, 0.3) is 0 Å². The summed E-state index contributed by atoms with van der Waals surface area (Å²) in [5, 5.41) is 5.34. The van der Waals surface area contributed by atoms with E-state index in [1.807, 2.05) is 6.07 Å². The van der Waals surface area contributed by atoms with Gasteiger partial charge in [-0.25, -0.2) is 13.9 Å². The number of benzene rings is 1. The normalized spacial score (nSPS) is 26.1. The van der Waals surface area contributed by atoms with E-state index in [0.717, 1.165) is 43.3 Å². The van der Waals surface area contributed by atoms with Crippen LogP contribution in [0.1, 0.15) is 44.1 Å². The van der Waals surface area contributed by atoms with Crippen molar-refractivity contribution in [1.29, 1.82) is 0 Å². The van der Waals surface area contributed by atoms with Crippen molar-refractivity contribution < 1.29 is 9.13 Å². The third kappa shape index (κ3) is 4.09. The number of ether oxygens (including phenoxy) is 1. The standard InChI is InChI=1S/C22H29FN4O2S/c23-20-8-2-1-5-16(20)15-29-19-13-17-6-3-7-18(14-19)25(17)9-4-10-27-22(28)26-11-12-30-21(26)24-27/h1-2,5,8,17-19H,3-4,6-7,9-15H2. The highest BCUT2D eigenvalue weighted by Gasteiger charge is 2.38. The van der Waals surface area contributed by atoms with Crippen molar-refractivity contribution in [3.63, 3.8) is 0 Å². The van der Waals surface area contributed by atoms with E-state index in [1.165, 1.54) is 25.3 Å². The first-order valence-electron chi connectivity index (χ1n) is 11.1. The Hall–Kier alpha value is -1.64. The molecule has 3 aliphatic rings. The molecule has 2 bridgehead atoms. The van der Waals surface area contributed by atoms with Gasteiger partial charge in [0, 0.05) is 43.0 Å². The number of thioether (sulfide) groups is 1. The van der Waals surface area contributed by atoms with Gasteiger partial charge < -0.3 is 4.74 Å². The van der Waals surface area contributed by atoms with Gasteiger partial charge in [-0.3, -0.25) is 9.47 Å². The van der Waals surface area contributed by atoms with Crippen LogP contribution in [0, 0.1) is 5.82 Å². The van der Waals surface area contributed by atoms with Crippen LogP contribution in [0.2, 0.25) is 0 Å². The number of nitrogens with zero attached hydrogens (tertiary/aromatic N) is 4. The molecule has 2 atom stereocenters. The molecule has 5 rings (SSSR count). The van der Waals surface area contributed by atoms with Crippen molar-refractivity contribution in [2.24, 2.45) is 0 Å². The average Bonchev–Trinajstić information content (AvgIpc) is 3.31. The smallest absolute Gasteiger partial charge is 0.346 e. The lowest BCUT2D eigenvalue weighted by Gasteiger charge is -2.48. The highest BCUT2D eigenvalue weighted by atomic mass is 32.2. The van der Waals surface area contributed by atoms with Crippen molar-refractivity contribution in [2.75, 3.05) is 12.3 Å². The summed E-state index contributed by atoms with van der Waals surface area (Å²) in [5.41, 5.74) is 0.677. The lowest BCUT2D eigenvalue weighted by atomic mass is 9.82. The molecule has 8 heteroatoms. The first kappa shape index (κ1) is 20.3. The minimum Gasteiger partial charge on any atom is -0.373 e. The molecular weight excluding hydrogens is 403 g/mol. The molecule has 0 saturated carbocycles. The number of halogens is 1. The van der Waals surface area contributed by atoms with Gasteiger partial charge in [0.15, 0.2) is 5.16 Å². The third-order valence-corrected chi connectivity index (χ3v) is 7.68. The zero-order valence-electron chi connectivity index (χ0n) is 17.2. The van der Waals surface area contributed by atoms with E-state index in [4.69, 9.17) is 4.74 Å². The lowest BCUT2D eigenvalue weighted by molar-refractivity contribution is -0.0671. The molecule has 2 fully saturated rings. The van der Waals surface area contributed by atoms with Crippen LogP contribution in [0.5, 0.6) is 0 Å². The Morgan fingerprint density at radius 2 is 1.97 bits per heavy atom. The quantitative estimate of drug-likeness (QED) is 0.672. The second-order valence-electron chi connectivity index (χ2n) is 8.61. The molecule has 2 unspecified atom stereocenters. The number of hydrogen-bond donors (Lipinski definition) is 0. The van der Waals surface area contributed by atoms with Crippen molar-refractivity contribution in [3.05, 3.63) is 46.1 Å². The summed E-state index contributed by atoms with van der Waals surface area (Å²) in [6, 6.07) is 7.93. The molecular formula is C22H29FN4O2S. The van der Waals surface area contributed by atoms with Gasteiger partial charge in [0.1, 0.15) is 5.82 Å². The predicted molar refractivity (Wildman–Crippen MR) is 114 cm³/mol. The van der Waals surface area contributed by atoms with Gasteiger partial charge in [-0.05, 0) is 38.2 Å². The van der Waals surface area contributed by atoms with Crippen molar-refractivity contribution in [1.82, 2.24) is 19.2 Å². The van der Waals surface area contributed by atoms with E-state index in [2.05, 4.69) is 10.00 Å². The van der Waals surface area contributed by atoms with Crippen LogP contribution >= 0.6 is 11.8 Å². The number of fused-ring (bicyclic) bond motifs is 3. The topological polar surface area (TPSA) is 52.3 Å². The van der Waals surface area contributed by atoms with Gasteiger partial charge in [0.2, 0.25) is 0 Å². The Bertz CT molecular complexity index is 931. The summed E-state index contributed by atoms with van der Waals surface area (Å²) in [7, 11) is 0. The summed E-state index contributed by atoms with van der Waals surface area (Å²) < 4.78 is 23.4. The van der Waals surface area contributed by atoms with Crippen LogP contribution in [0.25, 0.3) is 0 Å². The maximum Gasteiger partial charge on any atom is 0.346 e. The van der Waals surface area contributed by atoms with Gasteiger partial charge in [0.05, 0.1) is 12.7 Å². The SMILES string of the molecule is O=c1n(CCCN2C3CCCC2CC(OCc2ccccc2F)C3)nc2n1CCS2. The molecule has 0 amide bonds. The second-order valence-corrected chi connectivity index (χ2v) is 9.68. The maximum absolute atomic E-state index is 13.9. The Balaban J connectivity index is 1.15. The summed E-state index contributed by atoms with van der Waals surface area (Å²) in [4.78, 5) is 15.0. The fourth-order valence-corrected chi connectivity index (χ4v) is 6.19. The molecule has 2 saturated heterocycles. The van der Waals surface area contributed by atoms with E-state index in [1.54, 1.807) is 33.1 Å². The van der Waals surface area contributed by atoms with E-state index in [9.17, 15) is 9.18 Å². The zero-order valence-corrected chi connectivity index (χ0v) is 18.0. The van der Waals surface area contributed by atoms with Crippen LogP contribution < -0.4 is 5.69 Å². The zero-order chi connectivity index (χ0) is 20.5. The van der Waals surface area contributed by atoms with Gasteiger partial charge >= 0.3 is 5.69 Å². The van der Waals surface area contributed by atoms with E-state index >= 15 is 0 Å². The highest BCUT2D eigenvalue weighted by molar-refractivity contribution is 7.99. The van der Waals surface area contributed by atoms with Crippen molar-refractivity contribution in [2.45, 2.75) is 81.6 Å². The van der Waals surface area contributed by atoms with E-state index in [-0.39, 0.29) is 17.6 Å². The Morgan fingerprint density at radius 3 is 2.73 bits per heavy atom. The number of hydrogen-bond acceptors (Lipinski definition) is 5. The van der Waals surface area contributed by atoms with Crippen LogP contribution in [0.15, 0.2) is 34.2 Å². The third-order valence-electron chi connectivity index (χ3n) is 6.74. The molecule has 162 valence electrons. The largest absolute Gasteiger partial charge is 0.373 e. The Morgan fingerprint density at radius 1 is 1.17 bits per heavy atom. The maximum atomic E-state index is 13.9.